The van der Waals surface area contributed by atoms with Crippen molar-refractivity contribution in [3.8, 4) is 0 Å². The Hall–Kier alpha value is -1.07. The first-order chi connectivity index (χ1) is 9.39. The van der Waals surface area contributed by atoms with Crippen LogP contribution in [0.25, 0.3) is 0 Å². The molecule has 108 valence electrons. The molecule has 1 amide bonds. The second kappa shape index (κ2) is 5.74. The molecule has 1 heterocycles. The third kappa shape index (κ3) is 2.69. The second-order valence-electron chi connectivity index (χ2n) is 5.04. The molecule has 6 heteroatoms. The molecule has 20 heavy (non-hydrogen) atoms. The van der Waals surface area contributed by atoms with Gasteiger partial charge in [-0.2, -0.15) is 0 Å². The zero-order chi connectivity index (χ0) is 14.9. The summed E-state index contributed by atoms with van der Waals surface area (Å²) >= 11 is 9.18. The zero-order valence-corrected chi connectivity index (χ0v) is 13.4. The predicted molar refractivity (Wildman–Crippen MR) is 80.0 cm³/mol. The van der Waals surface area contributed by atoms with Crippen molar-refractivity contribution in [1.29, 1.82) is 0 Å². The van der Waals surface area contributed by atoms with Gasteiger partial charge in [-0.25, -0.2) is 0 Å². The van der Waals surface area contributed by atoms with Gasteiger partial charge in [0, 0.05) is 22.6 Å². The Kier molecular flexibility index (Phi) is 4.39. The Labute approximate surface area is 130 Å². The van der Waals surface area contributed by atoms with E-state index in [1.807, 2.05) is 6.92 Å². The van der Waals surface area contributed by atoms with Gasteiger partial charge in [0.25, 0.3) is 5.91 Å². The summed E-state index contributed by atoms with van der Waals surface area (Å²) < 4.78 is 0.624. The highest BCUT2D eigenvalue weighted by Crippen LogP contribution is 2.35. The van der Waals surface area contributed by atoms with E-state index in [4.69, 9.17) is 11.6 Å². The number of likely N-dealkylation sites (tertiary alicyclic amines) is 1. The van der Waals surface area contributed by atoms with Crippen LogP contribution in [0.15, 0.2) is 22.7 Å². The smallest absolute Gasteiger partial charge is 0.311 e. The number of carboxylic acid groups (broad SMARTS) is 1. The third-order valence-electron chi connectivity index (χ3n) is 3.93. The van der Waals surface area contributed by atoms with Gasteiger partial charge in [0.05, 0.1) is 11.0 Å². The molecule has 0 aliphatic carbocycles. The average Bonchev–Trinajstić information content (AvgIpc) is 2.83. The first-order valence-electron chi connectivity index (χ1n) is 6.37. The van der Waals surface area contributed by atoms with Crippen LogP contribution in [0.3, 0.4) is 0 Å². The summed E-state index contributed by atoms with van der Waals surface area (Å²) in [6.07, 6.45) is 1.02. The molecule has 1 aromatic carbocycles. The monoisotopic (exact) mass is 359 g/mol. The molecule has 0 radical (unpaired) electrons. The molecule has 0 aromatic heterocycles. The zero-order valence-electron chi connectivity index (χ0n) is 11.0. The summed E-state index contributed by atoms with van der Waals surface area (Å²) in [5.41, 5.74) is -0.305. The fourth-order valence-electron chi connectivity index (χ4n) is 2.49. The maximum absolute atomic E-state index is 12.5. The highest BCUT2D eigenvalue weighted by Gasteiger charge is 2.45. The van der Waals surface area contributed by atoms with Gasteiger partial charge in [0.15, 0.2) is 0 Å². The molecule has 1 N–H and O–H groups in total. The highest BCUT2D eigenvalue weighted by molar-refractivity contribution is 9.10. The molecule has 1 aliphatic heterocycles. The van der Waals surface area contributed by atoms with Crippen LogP contribution in [0.2, 0.25) is 5.02 Å². The van der Waals surface area contributed by atoms with E-state index in [0.29, 0.717) is 34.4 Å². The third-order valence-corrected chi connectivity index (χ3v) is 4.82. The lowest BCUT2D eigenvalue weighted by Crippen LogP contribution is -2.36. The van der Waals surface area contributed by atoms with E-state index >= 15 is 0 Å². The van der Waals surface area contributed by atoms with Crippen molar-refractivity contribution in [2.45, 2.75) is 19.8 Å². The number of rotatable bonds is 3. The normalized spacial score (nSPS) is 22.1. The summed E-state index contributed by atoms with van der Waals surface area (Å²) in [5, 5.41) is 9.90. The molecular weight excluding hydrogens is 346 g/mol. The average molecular weight is 361 g/mol. The van der Waals surface area contributed by atoms with Crippen LogP contribution < -0.4 is 0 Å². The number of aliphatic carboxylic acids is 1. The van der Waals surface area contributed by atoms with Crippen LogP contribution in [0.1, 0.15) is 30.1 Å². The van der Waals surface area contributed by atoms with Gasteiger partial charge in [-0.3, -0.25) is 9.59 Å². The summed E-state index contributed by atoms with van der Waals surface area (Å²) in [6, 6.07) is 4.97. The topological polar surface area (TPSA) is 57.6 Å². The predicted octanol–water partition coefficient (Wildman–Crippen LogP) is 3.43. The Morgan fingerprint density at radius 2 is 2.20 bits per heavy atom. The first kappa shape index (κ1) is 15.3. The van der Waals surface area contributed by atoms with Crippen LogP contribution in [0.5, 0.6) is 0 Å². The SMILES string of the molecule is CCC1(C(=O)O)CCN(C(=O)c2ccc(Cl)cc2Br)C1. The van der Waals surface area contributed by atoms with Crippen molar-refractivity contribution in [3.05, 3.63) is 33.3 Å². The van der Waals surface area contributed by atoms with E-state index < -0.39 is 11.4 Å². The lowest BCUT2D eigenvalue weighted by molar-refractivity contribution is -0.148. The number of carbonyl (C=O) groups excluding carboxylic acids is 1. The summed E-state index contributed by atoms with van der Waals surface area (Å²) in [5.74, 6) is -0.990. The fourth-order valence-corrected chi connectivity index (χ4v) is 3.35. The van der Waals surface area contributed by atoms with Gasteiger partial charge in [0.1, 0.15) is 0 Å². The Morgan fingerprint density at radius 3 is 2.70 bits per heavy atom. The summed E-state index contributed by atoms with van der Waals surface area (Å²) in [7, 11) is 0. The molecule has 0 spiro atoms. The van der Waals surface area contributed by atoms with E-state index in [-0.39, 0.29) is 12.5 Å². The number of benzene rings is 1. The van der Waals surface area contributed by atoms with Crippen LogP contribution in [-0.2, 0) is 4.79 Å². The number of carboxylic acids is 1. The fraction of sp³-hybridized carbons (Fsp3) is 0.429. The summed E-state index contributed by atoms with van der Waals surface area (Å²) in [6.45, 7) is 2.57. The minimum absolute atomic E-state index is 0.162. The van der Waals surface area contributed by atoms with Crippen molar-refractivity contribution in [2.75, 3.05) is 13.1 Å². The summed E-state index contributed by atoms with van der Waals surface area (Å²) in [4.78, 5) is 25.5. The standard InChI is InChI=1S/C14H15BrClNO3/c1-2-14(13(19)20)5-6-17(8-14)12(18)10-4-3-9(16)7-11(10)15/h3-4,7H,2,5-6,8H2,1H3,(H,19,20). The number of hydrogen-bond donors (Lipinski definition) is 1. The number of nitrogens with zero attached hydrogens (tertiary/aromatic N) is 1. The quantitative estimate of drug-likeness (QED) is 0.898. The van der Waals surface area contributed by atoms with Crippen LogP contribution >= 0.6 is 27.5 Å². The van der Waals surface area contributed by atoms with Crippen LogP contribution in [0.4, 0.5) is 0 Å². The van der Waals surface area contributed by atoms with Gasteiger partial charge in [-0.1, -0.05) is 18.5 Å². The molecular formula is C14H15BrClNO3. The van der Waals surface area contributed by atoms with E-state index in [9.17, 15) is 14.7 Å². The Balaban J connectivity index is 2.21. The highest BCUT2D eigenvalue weighted by atomic mass is 79.9. The number of carbonyl (C=O) groups is 2. The maximum Gasteiger partial charge on any atom is 0.311 e. The van der Waals surface area contributed by atoms with Gasteiger partial charge in [-0.05, 0) is 47.0 Å². The number of amides is 1. The maximum atomic E-state index is 12.5. The molecule has 1 saturated heterocycles. The van der Waals surface area contributed by atoms with Crippen molar-refractivity contribution < 1.29 is 14.7 Å². The number of hydrogen-bond acceptors (Lipinski definition) is 2. The molecule has 0 bridgehead atoms. The lowest BCUT2D eigenvalue weighted by Gasteiger charge is -2.23. The van der Waals surface area contributed by atoms with Crippen molar-refractivity contribution in [2.24, 2.45) is 5.41 Å². The largest absolute Gasteiger partial charge is 0.481 e. The van der Waals surface area contributed by atoms with Gasteiger partial charge >= 0.3 is 5.97 Å². The molecule has 0 saturated carbocycles. The second-order valence-corrected chi connectivity index (χ2v) is 6.33. The van der Waals surface area contributed by atoms with E-state index in [0.717, 1.165) is 0 Å². The van der Waals surface area contributed by atoms with E-state index in [2.05, 4.69) is 15.9 Å². The molecule has 1 atom stereocenters. The number of halogens is 2. The molecule has 1 aliphatic rings. The lowest BCUT2D eigenvalue weighted by atomic mass is 9.84. The van der Waals surface area contributed by atoms with Gasteiger partial charge in [0.2, 0.25) is 0 Å². The Bertz CT molecular complexity index is 563. The molecule has 1 fully saturated rings. The first-order valence-corrected chi connectivity index (χ1v) is 7.54. The molecule has 1 unspecified atom stereocenters. The molecule has 1 aromatic rings. The van der Waals surface area contributed by atoms with Crippen LogP contribution in [0, 0.1) is 5.41 Å². The Morgan fingerprint density at radius 1 is 1.50 bits per heavy atom. The van der Waals surface area contributed by atoms with Crippen molar-refractivity contribution in [3.63, 3.8) is 0 Å². The minimum atomic E-state index is -0.828. The minimum Gasteiger partial charge on any atom is -0.481 e. The van der Waals surface area contributed by atoms with Gasteiger partial charge < -0.3 is 10.0 Å². The molecule has 2 rings (SSSR count). The van der Waals surface area contributed by atoms with Crippen molar-refractivity contribution in [1.82, 2.24) is 4.90 Å². The van der Waals surface area contributed by atoms with E-state index in [1.165, 1.54) is 0 Å². The van der Waals surface area contributed by atoms with E-state index in [1.54, 1.807) is 23.1 Å². The van der Waals surface area contributed by atoms with Gasteiger partial charge in [-0.15, -0.1) is 0 Å². The van der Waals surface area contributed by atoms with Crippen LogP contribution in [-0.4, -0.2) is 35.0 Å². The van der Waals surface area contributed by atoms with Crippen molar-refractivity contribution >= 4 is 39.4 Å². The molecule has 4 nitrogen and oxygen atoms in total.